The number of alkyl halides is 6. The van der Waals surface area contributed by atoms with E-state index in [1.165, 1.54) is 5.01 Å². The molecule has 0 aliphatic carbocycles. The van der Waals surface area contributed by atoms with Gasteiger partial charge in [-0.1, -0.05) is 25.5 Å². The lowest BCUT2D eigenvalue weighted by Crippen LogP contribution is -2.53. The van der Waals surface area contributed by atoms with Crippen molar-refractivity contribution in [1.82, 2.24) is 5.01 Å². The number of fused-ring (bicyclic) bond motifs is 1. The molecule has 1 heterocycles. The van der Waals surface area contributed by atoms with Gasteiger partial charge in [-0.15, -0.1) is 4.91 Å². The molecule has 0 radical (unpaired) electrons. The van der Waals surface area contributed by atoms with Crippen molar-refractivity contribution in [3.05, 3.63) is 58.0 Å². The van der Waals surface area contributed by atoms with Crippen LogP contribution in [0.5, 0.6) is 17.2 Å². The molecule has 8 nitrogen and oxygen atoms in total. The summed E-state index contributed by atoms with van der Waals surface area (Å²) in [6.07, 6.45) is -10.6. The molecule has 14 heteroatoms. The van der Waals surface area contributed by atoms with E-state index in [1.54, 1.807) is 32.0 Å². The second-order valence-electron chi connectivity index (χ2n) is 9.79. The van der Waals surface area contributed by atoms with Crippen molar-refractivity contribution in [1.29, 1.82) is 0 Å². The van der Waals surface area contributed by atoms with Gasteiger partial charge in [-0.05, 0) is 61.6 Å². The molecule has 1 aliphatic rings. The van der Waals surface area contributed by atoms with E-state index in [9.17, 15) is 36.4 Å². The molecule has 1 aliphatic heterocycles. The Labute approximate surface area is 226 Å². The van der Waals surface area contributed by atoms with Crippen LogP contribution >= 0.6 is 0 Å². The van der Waals surface area contributed by atoms with Gasteiger partial charge < -0.3 is 25.1 Å². The molecule has 0 bridgehead atoms. The summed E-state index contributed by atoms with van der Waals surface area (Å²) in [6, 6.07) is 7.47. The molecule has 222 valence electrons. The van der Waals surface area contributed by atoms with E-state index >= 15 is 0 Å². The van der Waals surface area contributed by atoms with Crippen LogP contribution in [-0.2, 0) is 17.6 Å². The highest BCUT2D eigenvalue weighted by atomic mass is 19.4. The van der Waals surface area contributed by atoms with Crippen LogP contribution in [0.3, 0.4) is 0 Å². The molecule has 0 spiro atoms. The zero-order valence-corrected chi connectivity index (χ0v) is 21.9. The number of nitroso groups, excluding NO2 is 1. The predicted octanol–water partition coefficient (Wildman–Crippen LogP) is 5.70. The molecule has 0 aromatic heterocycles. The number of ether oxygens (including phenoxy) is 3. The number of benzene rings is 2. The third kappa shape index (κ3) is 6.72. The lowest BCUT2D eigenvalue weighted by molar-refractivity contribution is -0.376. The summed E-state index contributed by atoms with van der Waals surface area (Å²) in [4.78, 5) is 11.4. The smallest absolute Gasteiger partial charge is 0.430 e. The predicted molar refractivity (Wildman–Crippen MR) is 133 cm³/mol. The fraction of sp³-hybridized carbons (Fsp3) is 0.538. The van der Waals surface area contributed by atoms with Crippen LogP contribution in [0, 0.1) is 4.91 Å². The fourth-order valence-corrected chi connectivity index (χ4v) is 4.35. The third-order valence-corrected chi connectivity index (χ3v) is 6.54. The zero-order valence-electron chi connectivity index (χ0n) is 21.9. The summed E-state index contributed by atoms with van der Waals surface area (Å²) in [6.45, 7) is 3.95. The number of aryl methyl sites for hydroxylation is 1. The number of nitrogens with zero attached hydrogens (tertiary/aromatic N) is 2. The number of unbranched alkanes of at least 4 members (excludes halogenated alkanes) is 1. The first kappa shape index (κ1) is 31.3. The van der Waals surface area contributed by atoms with Gasteiger partial charge in [-0.2, -0.15) is 26.3 Å². The topological polar surface area (TPSA) is 107 Å². The molecule has 3 rings (SSSR count). The van der Waals surface area contributed by atoms with Crippen molar-refractivity contribution in [2.75, 3.05) is 26.5 Å². The van der Waals surface area contributed by atoms with Gasteiger partial charge in [0, 0.05) is 12.1 Å². The highest BCUT2D eigenvalue weighted by molar-refractivity contribution is 5.46. The average Bonchev–Trinajstić information content (AvgIpc) is 3.35. The maximum Gasteiger partial charge on any atom is 0.430 e. The van der Waals surface area contributed by atoms with Gasteiger partial charge in [-0.3, -0.25) is 5.01 Å². The second-order valence-corrected chi connectivity index (χ2v) is 9.79. The number of rotatable bonds is 13. The minimum atomic E-state index is -5.97. The van der Waals surface area contributed by atoms with Crippen LogP contribution in [0.1, 0.15) is 49.8 Å². The van der Waals surface area contributed by atoms with E-state index in [0.29, 0.717) is 48.5 Å². The summed E-state index contributed by atoms with van der Waals surface area (Å²) in [5.74, 6) is 1.26. The van der Waals surface area contributed by atoms with E-state index in [-0.39, 0.29) is 44.2 Å². The molecule has 1 unspecified atom stereocenters. The number of halogens is 6. The summed E-state index contributed by atoms with van der Waals surface area (Å²) < 4.78 is 96.0. The highest BCUT2D eigenvalue weighted by Gasteiger charge is 2.71. The van der Waals surface area contributed by atoms with Gasteiger partial charge in [0.15, 0.2) is 11.5 Å². The quantitative estimate of drug-likeness (QED) is 0.136. The largest absolute Gasteiger partial charge is 0.493 e. The minimum absolute atomic E-state index is 0.0770. The van der Waals surface area contributed by atoms with Gasteiger partial charge in [0.05, 0.1) is 24.0 Å². The van der Waals surface area contributed by atoms with Crippen molar-refractivity contribution in [3.63, 3.8) is 0 Å². The Morgan fingerprint density at radius 1 is 1.00 bits per heavy atom. The summed E-state index contributed by atoms with van der Waals surface area (Å²) in [5.41, 5.74) is -0.0368. The third-order valence-electron chi connectivity index (χ3n) is 6.54. The van der Waals surface area contributed by atoms with Crippen LogP contribution < -0.4 is 19.9 Å². The number of nitrogens with two attached hydrogens (primary N) is 1. The van der Waals surface area contributed by atoms with Crippen LogP contribution in [-0.4, -0.2) is 49.0 Å². The van der Waals surface area contributed by atoms with Crippen LogP contribution in [0.15, 0.2) is 41.7 Å². The molecule has 0 amide bonds. The van der Waals surface area contributed by atoms with Crippen LogP contribution in [0.25, 0.3) is 0 Å². The first-order valence-electron chi connectivity index (χ1n) is 12.5. The molecule has 3 N–H and O–H groups in total. The van der Waals surface area contributed by atoms with Crippen molar-refractivity contribution in [2.45, 2.75) is 63.0 Å². The van der Waals surface area contributed by atoms with Gasteiger partial charge in [0.1, 0.15) is 5.75 Å². The maximum atomic E-state index is 13.3. The molecule has 2 aromatic rings. The van der Waals surface area contributed by atoms with Crippen molar-refractivity contribution in [2.24, 2.45) is 11.0 Å². The van der Waals surface area contributed by atoms with Crippen molar-refractivity contribution < 1.29 is 45.7 Å². The van der Waals surface area contributed by atoms with E-state index in [4.69, 9.17) is 19.9 Å². The Morgan fingerprint density at radius 2 is 1.65 bits per heavy atom. The van der Waals surface area contributed by atoms with Gasteiger partial charge in [0.2, 0.25) is 6.79 Å². The highest BCUT2D eigenvalue weighted by Crippen LogP contribution is 2.50. The molecule has 0 saturated carbocycles. The normalized spacial score (nSPS) is 15.1. The number of aliphatic hydroxyl groups is 1. The number of hydrogen-bond donors (Lipinski definition) is 2. The summed E-state index contributed by atoms with van der Waals surface area (Å²) >= 11 is 0. The Kier molecular flexibility index (Phi) is 9.45. The Hall–Kier alpha value is -3.26. The molecule has 0 fully saturated rings. The average molecular weight is 580 g/mol. The van der Waals surface area contributed by atoms with Crippen LogP contribution in [0.2, 0.25) is 0 Å². The van der Waals surface area contributed by atoms with Gasteiger partial charge in [-0.25, -0.2) is 0 Å². The lowest BCUT2D eigenvalue weighted by atomic mass is 9.90. The molecular formula is C26H31F6N3O5. The first-order chi connectivity index (χ1) is 18.6. The minimum Gasteiger partial charge on any atom is -0.493 e. The van der Waals surface area contributed by atoms with Crippen molar-refractivity contribution >= 4 is 0 Å². The van der Waals surface area contributed by atoms with Crippen molar-refractivity contribution in [3.8, 4) is 17.2 Å². The number of hydrogen-bond acceptors (Lipinski definition) is 7. The standard InChI is InChI=1S/C26H31F6N3O5/c1-3-6-17-13-19(24(36,25(27,28)29)26(30,31)32)8-9-20(17)38-12-5-4-11-35(34-37)15-23(2,33)18-7-10-21-22(14-18)40-16-39-21/h7-10,13-14,36H,3-6,11-12,15-16,33H2,1-2H3. The molecule has 1 atom stereocenters. The van der Waals surface area contributed by atoms with Gasteiger partial charge >= 0.3 is 12.4 Å². The Morgan fingerprint density at radius 3 is 2.27 bits per heavy atom. The lowest BCUT2D eigenvalue weighted by Gasteiger charge is -2.33. The van der Waals surface area contributed by atoms with E-state index in [1.807, 2.05) is 0 Å². The van der Waals surface area contributed by atoms with Gasteiger partial charge in [0.25, 0.3) is 5.60 Å². The summed E-state index contributed by atoms with van der Waals surface area (Å²) in [7, 11) is 0. The SMILES string of the molecule is CCCc1cc(C(O)(C(F)(F)F)C(F)(F)F)ccc1OCCCCN(CC(C)(N)c1ccc2c(c1)OCO2)N=O. The van der Waals surface area contributed by atoms with E-state index in [0.717, 1.165) is 6.07 Å². The van der Waals surface area contributed by atoms with Crippen LogP contribution in [0.4, 0.5) is 26.3 Å². The summed E-state index contributed by atoms with van der Waals surface area (Å²) in [5, 5.41) is 14.0. The van der Waals surface area contributed by atoms with E-state index in [2.05, 4.69) is 5.29 Å². The molecular weight excluding hydrogens is 548 g/mol. The van der Waals surface area contributed by atoms with E-state index < -0.39 is 29.1 Å². The molecule has 2 aromatic carbocycles. The zero-order chi connectivity index (χ0) is 29.8. The Bertz CT molecular complexity index is 1160. The fourth-order valence-electron chi connectivity index (χ4n) is 4.35. The monoisotopic (exact) mass is 579 g/mol. The molecule has 40 heavy (non-hydrogen) atoms. The molecule has 0 saturated heterocycles. The second kappa shape index (κ2) is 12.1. The maximum absolute atomic E-state index is 13.3. The Balaban J connectivity index is 1.59. The first-order valence-corrected chi connectivity index (χ1v) is 12.5.